The molecule has 0 saturated carbocycles. The lowest BCUT2D eigenvalue weighted by molar-refractivity contribution is 0.0602. The molecule has 2 aromatic rings. The number of rotatable bonds is 5. The van der Waals surface area contributed by atoms with Crippen molar-refractivity contribution in [3.63, 3.8) is 0 Å². The topological polar surface area (TPSA) is 86.8 Å². The Bertz CT molecular complexity index is 722. The highest BCUT2D eigenvalue weighted by atomic mass is 32.1. The van der Waals surface area contributed by atoms with Crippen LogP contribution in [0.2, 0.25) is 0 Å². The molecule has 0 aliphatic carbocycles. The maximum atomic E-state index is 12.3. The number of amides is 1. The van der Waals surface area contributed by atoms with Crippen LogP contribution >= 0.6 is 11.3 Å². The molecule has 126 valence electrons. The lowest BCUT2D eigenvalue weighted by Gasteiger charge is -2.11. The lowest BCUT2D eigenvalue weighted by Crippen LogP contribution is -2.17. The summed E-state index contributed by atoms with van der Waals surface area (Å²) in [5.41, 5.74) is 0.694. The number of thiophene rings is 1. The fraction of sp³-hybridized carbons (Fsp3) is 0.312. The maximum absolute atomic E-state index is 12.3. The van der Waals surface area contributed by atoms with Gasteiger partial charge in [0.1, 0.15) is 11.1 Å². The van der Waals surface area contributed by atoms with Crippen LogP contribution in [0, 0.1) is 0 Å². The molecular formula is C16H16N2O5S. The number of nitrogens with one attached hydrogen (secondary N) is 1. The lowest BCUT2D eigenvalue weighted by atomic mass is 10.2. The van der Waals surface area contributed by atoms with Crippen molar-refractivity contribution in [2.45, 2.75) is 12.5 Å². The number of hydrogen-bond acceptors (Lipinski definition) is 7. The van der Waals surface area contributed by atoms with Gasteiger partial charge in [-0.2, -0.15) is 0 Å². The van der Waals surface area contributed by atoms with E-state index in [1.807, 2.05) is 0 Å². The number of carbonyl (C=O) groups is 2. The molecule has 7 nitrogen and oxygen atoms in total. The maximum Gasteiger partial charge on any atom is 0.340 e. The summed E-state index contributed by atoms with van der Waals surface area (Å²) in [6, 6.07) is 4.87. The summed E-state index contributed by atoms with van der Waals surface area (Å²) < 4.78 is 15.6. The summed E-state index contributed by atoms with van der Waals surface area (Å²) in [4.78, 5) is 28.0. The van der Waals surface area contributed by atoms with Crippen molar-refractivity contribution in [3.05, 3.63) is 40.9 Å². The number of hydrogen-bond donors (Lipinski definition) is 1. The molecule has 1 atom stereocenters. The van der Waals surface area contributed by atoms with Crippen LogP contribution < -0.4 is 10.1 Å². The molecule has 1 amide bonds. The van der Waals surface area contributed by atoms with Crippen LogP contribution in [0.5, 0.6) is 5.88 Å². The van der Waals surface area contributed by atoms with E-state index in [2.05, 4.69) is 15.0 Å². The standard InChI is InChI=1S/C16H16N2O5S/c1-21-16(20)12-5-7-24-15(12)18-14(19)10-2-3-13(17-8-10)23-11-4-6-22-9-11/h2-3,5,7-8,11H,4,6,9H2,1H3,(H,18,19)/t11-/m1/s1. The molecule has 0 spiro atoms. The Labute approximate surface area is 142 Å². The van der Waals surface area contributed by atoms with Crippen molar-refractivity contribution in [2.24, 2.45) is 0 Å². The van der Waals surface area contributed by atoms with Crippen molar-refractivity contribution in [2.75, 3.05) is 25.6 Å². The van der Waals surface area contributed by atoms with Crippen molar-refractivity contribution < 1.29 is 23.8 Å². The number of esters is 1. The molecule has 2 aromatic heterocycles. The second-order valence-electron chi connectivity index (χ2n) is 5.10. The van der Waals surface area contributed by atoms with Gasteiger partial charge in [0, 0.05) is 18.7 Å². The minimum Gasteiger partial charge on any atom is -0.472 e. The summed E-state index contributed by atoms with van der Waals surface area (Å²) in [5, 5.41) is 4.84. The molecule has 0 unspecified atom stereocenters. The monoisotopic (exact) mass is 348 g/mol. The van der Waals surface area contributed by atoms with Crippen LogP contribution in [0.3, 0.4) is 0 Å². The molecule has 1 fully saturated rings. The van der Waals surface area contributed by atoms with Crippen molar-refractivity contribution in [1.82, 2.24) is 4.98 Å². The molecule has 0 aromatic carbocycles. The van der Waals surface area contributed by atoms with Gasteiger partial charge in [0.15, 0.2) is 0 Å². The summed E-state index contributed by atoms with van der Waals surface area (Å²) in [7, 11) is 1.30. The molecule has 1 aliphatic heterocycles. The summed E-state index contributed by atoms with van der Waals surface area (Å²) in [6.07, 6.45) is 2.27. The molecule has 3 heterocycles. The Morgan fingerprint density at radius 1 is 1.38 bits per heavy atom. The first-order chi connectivity index (χ1) is 11.7. The highest BCUT2D eigenvalue weighted by Gasteiger charge is 2.19. The first kappa shape index (κ1) is 16.4. The number of ether oxygens (including phenoxy) is 3. The zero-order chi connectivity index (χ0) is 16.9. The minimum absolute atomic E-state index is 0.00547. The Balaban J connectivity index is 1.65. The van der Waals surface area contributed by atoms with Gasteiger partial charge in [-0.25, -0.2) is 9.78 Å². The fourth-order valence-electron chi connectivity index (χ4n) is 2.21. The van der Waals surface area contributed by atoms with E-state index < -0.39 is 5.97 Å². The largest absolute Gasteiger partial charge is 0.472 e. The smallest absolute Gasteiger partial charge is 0.340 e. The number of carbonyl (C=O) groups excluding carboxylic acids is 2. The zero-order valence-corrected chi connectivity index (χ0v) is 13.8. The number of pyridine rings is 1. The van der Waals surface area contributed by atoms with Crippen LogP contribution in [0.1, 0.15) is 27.1 Å². The van der Waals surface area contributed by atoms with Gasteiger partial charge in [0.05, 0.1) is 31.5 Å². The zero-order valence-electron chi connectivity index (χ0n) is 13.0. The predicted octanol–water partition coefficient (Wildman–Crippen LogP) is 2.35. The SMILES string of the molecule is COC(=O)c1ccsc1NC(=O)c1ccc(O[C@@H]2CCOC2)nc1. The second kappa shape index (κ2) is 7.41. The highest BCUT2D eigenvalue weighted by Crippen LogP contribution is 2.24. The molecule has 24 heavy (non-hydrogen) atoms. The van der Waals surface area contributed by atoms with Crippen LogP contribution in [-0.4, -0.2) is 43.3 Å². The predicted molar refractivity (Wildman–Crippen MR) is 87.7 cm³/mol. The van der Waals surface area contributed by atoms with E-state index in [4.69, 9.17) is 9.47 Å². The number of nitrogens with zero attached hydrogens (tertiary/aromatic N) is 1. The first-order valence-corrected chi connectivity index (χ1v) is 8.23. The quantitative estimate of drug-likeness (QED) is 0.835. The summed E-state index contributed by atoms with van der Waals surface area (Å²) >= 11 is 1.25. The van der Waals surface area contributed by atoms with Gasteiger partial charge in [0.2, 0.25) is 5.88 Å². The van der Waals surface area contributed by atoms with Gasteiger partial charge in [-0.15, -0.1) is 11.3 Å². The van der Waals surface area contributed by atoms with E-state index in [1.54, 1.807) is 23.6 Å². The van der Waals surface area contributed by atoms with Gasteiger partial charge < -0.3 is 19.5 Å². The van der Waals surface area contributed by atoms with Gasteiger partial charge in [-0.1, -0.05) is 0 Å². The molecule has 8 heteroatoms. The molecule has 1 N–H and O–H groups in total. The van der Waals surface area contributed by atoms with Crippen LogP contribution in [-0.2, 0) is 9.47 Å². The van der Waals surface area contributed by atoms with Gasteiger partial charge >= 0.3 is 5.97 Å². The van der Waals surface area contributed by atoms with Crippen molar-refractivity contribution >= 4 is 28.2 Å². The van der Waals surface area contributed by atoms with E-state index in [0.717, 1.165) is 6.42 Å². The third-order valence-electron chi connectivity index (χ3n) is 3.47. The highest BCUT2D eigenvalue weighted by molar-refractivity contribution is 7.14. The number of methoxy groups -OCH3 is 1. The third-order valence-corrected chi connectivity index (χ3v) is 4.30. The fourth-order valence-corrected chi connectivity index (χ4v) is 2.98. The van der Waals surface area contributed by atoms with Crippen LogP contribution in [0.4, 0.5) is 5.00 Å². The van der Waals surface area contributed by atoms with Crippen molar-refractivity contribution in [3.8, 4) is 5.88 Å². The van der Waals surface area contributed by atoms with E-state index in [-0.39, 0.29) is 12.0 Å². The first-order valence-electron chi connectivity index (χ1n) is 7.35. The molecule has 1 aliphatic rings. The van der Waals surface area contributed by atoms with Gasteiger partial charge in [0.25, 0.3) is 5.91 Å². The minimum atomic E-state index is -0.493. The summed E-state index contributed by atoms with van der Waals surface area (Å²) in [5.74, 6) is -0.397. The van der Waals surface area contributed by atoms with E-state index in [9.17, 15) is 9.59 Å². The Hall–Kier alpha value is -2.45. The van der Waals surface area contributed by atoms with Crippen molar-refractivity contribution in [1.29, 1.82) is 0 Å². The molecular weight excluding hydrogens is 332 g/mol. The molecule has 0 radical (unpaired) electrons. The third kappa shape index (κ3) is 3.72. The molecule has 0 bridgehead atoms. The average Bonchev–Trinajstić information content (AvgIpc) is 3.26. The number of aromatic nitrogens is 1. The molecule has 1 saturated heterocycles. The normalized spacial score (nSPS) is 16.6. The second-order valence-corrected chi connectivity index (χ2v) is 6.01. The van der Waals surface area contributed by atoms with E-state index in [0.29, 0.717) is 35.2 Å². The van der Waals surface area contributed by atoms with Crippen LogP contribution in [0.15, 0.2) is 29.8 Å². The average molecular weight is 348 g/mol. The van der Waals surface area contributed by atoms with E-state index >= 15 is 0 Å². The van der Waals surface area contributed by atoms with Gasteiger partial charge in [-0.3, -0.25) is 4.79 Å². The molecule has 3 rings (SSSR count). The number of anilines is 1. The van der Waals surface area contributed by atoms with Gasteiger partial charge in [-0.05, 0) is 17.5 Å². The van der Waals surface area contributed by atoms with E-state index in [1.165, 1.54) is 24.6 Å². The van der Waals surface area contributed by atoms with Crippen LogP contribution in [0.25, 0.3) is 0 Å². The Morgan fingerprint density at radius 3 is 2.92 bits per heavy atom. The Kier molecular flexibility index (Phi) is 5.07. The Morgan fingerprint density at radius 2 is 2.25 bits per heavy atom. The summed E-state index contributed by atoms with van der Waals surface area (Å²) in [6.45, 7) is 1.24.